The number of rotatable bonds is 4. The van der Waals surface area contributed by atoms with E-state index in [4.69, 9.17) is 0 Å². The van der Waals surface area contributed by atoms with Crippen molar-refractivity contribution in [3.63, 3.8) is 0 Å². The average molecular weight is 273 g/mol. The minimum absolute atomic E-state index is 0.291. The highest BCUT2D eigenvalue weighted by molar-refractivity contribution is 9.10. The third-order valence-electron chi connectivity index (χ3n) is 2.14. The van der Waals surface area contributed by atoms with Crippen LogP contribution in [0.4, 0.5) is 0 Å². The molecule has 1 atom stereocenters. The van der Waals surface area contributed by atoms with Gasteiger partial charge in [-0.25, -0.2) is 4.79 Å². The first-order valence-electron chi connectivity index (χ1n) is 4.69. The van der Waals surface area contributed by atoms with Crippen molar-refractivity contribution in [2.45, 2.75) is 19.3 Å². The zero-order valence-electron chi connectivity index (χ0n) is 8.70. The van der Waals surface area contributed by atoms with Crippen molar-refractivity contribution in [1.29, 1.82) is 0 Å². The van der Waals surface area contributed by atoms with Gasteiger partial charge in [-0.3, -0.25) is 4.89 Å². The second-order valence-corrected chi connectivity index (χ2v) is 3.91. The summed E-state index contributed by atoms with van der Waals surface area (Å²) in [5, 5.41) is 0. The van der Waals surface area contributed by atoms with Gasteiger partial charge in [-0.05, 0) is 18.1 Å². The molecule has 0 saturated carbocycles. The van der Waals surface area contributed by atoms with Gasteiger partial charge in [0, 0.05) is 4.47 Å². The SMILES string of the molecule is CCC(C(=O)OOC)c1ccccc1Br. The van der Waals surface area contributed by atoms with Gasteiger partial charge in [0.15, 0.2) is 0 Å². The van der Waals surface area contributed by atoms with Crippen molar-refractivity contribution in [3.8, 4) is 0 Å². The van der Waals surface area contributed by atoms with Crippen molar-refractivity contribution in [3.05, 3.63) is 34.3 Å². The zero-order chi connectivity index (χ0) is 11.3. The minimum Gasteiger partial charge on any atom is -0.298 e. The van der Waals surface area contributed by atoms with E-state index in [0.29, 0.717) is 6.42 Å². The highest BCUT2D eigenvalue weighted by Crippen LogP contribution is 2.28. The smallest absolute Gasteiger partial charge is 0.298 e. The Morgan fingerprint density at radius 3 is 2.67 bits per heavy atom. The van der Waals surface area contributed by atoms with E-state index in [2.05, 4.69) is 25.7 Å². The lowest BCUT2D eigenvalue weighted by molar-refractivity contribution is -0.256. The molecule has 1 aromatic carbocycles. The van der Waals surface area contributed by atoms with E-state index in [1.165, 1.54) is 7.11 Å². The number of benzene rings is 1. The number of hydrogen-bond acceptors (Lipinski definition) is 3. The highest BCUT2D eigenvalue weighted by Gasteiger charge is 2.22. The first-order valence-corrected chi connectivity index (χ1v) is 5.49. The summed E-state index contributed by atoms with van der Waals surface area (Å²) >= 11 is 3.41. The van der Waals surface area contributed by atoms with Gasteiger partial charge in [0.05, 0.1) is 13.0 Å². The van der Waals surface area contributed by atoms with Crippen LogP contribution in [-0.4, -0.2) is 13.1 Å². The first-order chi connectivity index (χ1) is 7.20. The minimum atomic E-state index is -0.369. The molecule has 3 nitrogen and oxygen atoms in total. The Labute approximate surface area is 97.4 Å². The van der Waals surface area contributed by atoms with Gasteiger partial charge in [-0.2, -0.15) is 4.89 Å². The maximum atomic E-state index is 11.6. The molecule has 0 fully saturated rings. The predicted molar refractivity (Wildman–Crippen MR) is 60.3 cm³/mol. The van der Waals surface area contributed by atoms with Crippen LogP contribution in [0.2, 0.25) is 0 Å². The molecular formula is C11H13BrO3. The van der Waals surface area contributed by atoms with Gasteiger partial charge in [-0.15, -0.1) is 0 Å². The van der Waals surface area contributed by atoms with Gasteiger partial charge >= 0.3 is 5.97 Å². The van der Waals surface area contributed by atoms with Crippen molar-refractivity contribution in [2.24, 2.45) is 0 Å². The quantitative estimate of drug-likeness (QED) is 0.624. The number of hydrogen-bond donors (Lipinski definition) is 0. The first kappa shape index (κ1) is 12.2. The second kappa shape index (κ2) is 5.88. The lowest BCUT2D eigenvalue weighted by Crippen LogP contribution is -2.15. The van der Waals surface area contributed by atoms with E-state index in [1.54, 1.807) is 0 Å². The normalized spacial score (nSPS) is 12.2. The van der Waals surface area contributed by atoms with Gasteiger partial charge in [0.25, 0.3) is 0 Å². The molecular weight excluding hydrogens is 260 g/mol. The molecule has 1 aromatic rings. The van der Waals surface area contributed by atoms with E-state index in [-0.39, 0.29) is 11.9 Å². The molecule has 0 aromatic heterocycles. The van der Waals surface area contributed by atoms with Crippen LogP contribution in [0.3, 0.4) is 0 Å². The van der Waals surface area contributed by atoms with Crippen molar-refractivity contribution in [2.75, 3.05) is 7.11 Å². The molecule has 0 saturated heterocycles. The molecule has 1 rings (SSSR count). The molecule has 4 heteroatoms. The van der Waals surface area contributed by atoms with Crippen LogP contribution in [0.1, 0.15) is 24.8 Å². The summed E-state index contributed by atoms with van der Waals surface area (Å²) in [5.41, 5.74) is 0.919. The number of carbonyl (C=O) groups is 1. The van der Waals surface area contributed by atoms with E-state index < -0.39 is 0 Å². The molecule has 0 aliphatic rings. The molecule has 0 aliphatic heterocycles. The standard InChI is InChI=1S/C11H13BrO3/c1-3-8(11(13)15-14-2)9-6-4-5-7-10(9)12/h4-8H,3H2,1-2H3. The van der Waals surface area contributed by atoms with Crippen LogP contribution in [0.5, 0.6) is 0 Å². The van der Waals surface area contributed by atoms with Crippen LogP contribution in [0.15, 0.2) is 28.7 Å². The average Bonchev–Trinajstić information content (AvgIpc) is 2.22. The number of halogens is 1. The Balaban J connectivity index is 2.92. The molecule has 0 N–H and O–H groups in total. The summed E-state index contributed by atoms with van der Waals surface area (Å²) in [4.78, 5) is 20.5. The molecule has 0 amide bonds. The third kappa shape index (κ3) is 3.04. The third-order valence-corrected chi connectivity index (χ3v) is 2.86. The summed E-state index contributed by atoms with van der Waals surface area (Å²) in [7, 11) is 1.32. The second-order valence-electron chi connectivity index (χ2n) is 3.05. The molecule has 0 bridgehead atoms. The highest BCUT2D eigenvalue weighted by atomic mass is 79.9. The monoisotopic (exact) mass is 272 g/mol. The van der Waals surface area contributed by atoms with Crippen molar-refractivity contribution >= 4 is 21.9 Å². The Kier molecular flexibility index (Phi) is 4.78. The maximum absolute atomic E-state index is 11.6. The van der Waals surface area contributed by atoms with Crippen LogP contribution < -0.4 is 0 Å². The topological polar surface area (TPSA) is 35.5 Å². The van der Waals surface area contributed by atoms with E-state index >= 15 is 0 Å². The Morgan fingerprint density at radius 2 is 2.13 bits per heavy atom. The lowest BCUT2D eigenvalue weighted by atomic mass is 9.97. The molecule has 0 aliphatic carbocycles. The van der Waals surface area contributed by atoms with Crippen LogP contribution in [-0.2, 0) is 14.6 Å². The Hall–Kier alpha value is -0.870. The van der Waals surface area contributed by atoms with E-state index in [9.17, 15) is 4.79 Å². The summed E-state index contributed by atoms with van der Waals surface area (Å²) in [6.45, 7) is 1.93. The molecule has 1 unspecified atom stereocenters. The summed E-state index contributed by atoms with van der Waals surface area (Å²) < 4.78 is 0.907. The Bertz CT molecular complexity index is 338. The maximum Gasteiger partial charge on any atom is 0.349 e. The zero-order valence-corrected chi connectivity index (χ0v) is 10.3. The fraction of sp³-hybridized carbons (Fsp3) is 0.364. The van der Waals surface area contributed by atoms with Gasteiger partial charge < -0.3 is 0 Å². The van der Waals surface area contributed by atoms with Crippen LogP contribution in [0.25, 0.3) is 0 Å². The van der Waals surface area contributed by atoms with Crippen molar-refractivity contribution in [1.82, 2.24) is 0 Å². The summed E-state index contributed by atoms with van der Waals surface area (Å²) in [5.74, 6) is -0.660. The lowest BCUT2D eigenvalue weighted by Gasteiger charge is -2.13. The molecule has 0 radical (unpaired) electrons. The fourth-order valence-corrected chi connectivity index (χ4v) is 1.97. The van der Waals surface area contributed by atoms with Gasteiger partial charge in [-0.1, -0.05) is 41.1 Å². The molecule has 15 heavy (non-hydrogen) atoms. The number of carbonyl (C=O) groups excluding carboxylic acids is 1. The van der Waals surface area contributed by atoms with E-state index in [1.807, 2.05) is 31.2 Å². The van der Waals surface area contributed by atoms with Gasteiger partial charge in [0.1, 0.15) is 0 Å². The summed E-state index contributed by atoms with van der Waals surface area (Å²) in [6, 6.07) is 7.60. The summed E-state index contributed by atoms with van der Waals surface area (Å²) in [6.07, 6.45) is 0.671. The van der Waals surface area contributed by atoms with Crippen LogP contribution >= 0.6 is 15.9 Å². The molecule has 82 valence electrons. The molecule has 0 spiro atoms. The van der Waals surface area contributed by atoms with Crippen molar-refractivity contribution < 1.29 is 14.6 Å². The fourth-order valence-electron chi connectivity index (χ4n) is 1.41. The Morgan fingerprint density at radius 1 is 1.47 bits per heavy atom. The van der Waals surface area contributed by atoms with E-state index in [0.717, 1.165) is 10.0 Å². The molecule has 0 heterocycles. The van der Waals surface area contributed by atoms with Crippen LogP contribution in [0, 0.1) is 0 Å². The van der Waals surface area contributed by atoms with Gasteiger partial charge in [0.2, 0.25) is 0 Å². The predicted octanol–water partition coefficient (Wildman–Crippen LogP) is 3.05. The largest absolute Gasteiger partial charge is 0.349 e.